The van der Waals surface area contributed by atoms with Gasteiger partial charge in [0.1, 0.15) is 5.75 Å². The number of fused-ring (bicyclic) bond motifs is 1. The molecular weight excluding hydrogens is 310 g/mol. The minimum Gasteiger partial charge on any atom is -0.434 e. The lowest BCUT2D eigenvalue weighted by molar-refractivity contribution is -0.0507. The van der Waals surface area contributed by atoms with E-state index in [-0.39, 0.29) is 5.75 Å². The molecule has 1 aromatic rings. The molecule has 0 radical (unpaired) electrons. The van der Waals surface area contributed by atoms with Crippen molar-refractivity contribution in [1.29, 1.82) is 0 Å². The highest BCUT2D eigenvalue weighted by atomic mass is 35.5. The van der Waals surface area contributed by atoms with Crippen LogP contribution in [0.1, 0.15) is 24.8 Å². The molecule has 0 saturated carbocycles. The van der Waals surface area contributed by atoms with Crippen LogP contribution in [0.25, 0.3) is 0 Å². The predicted molar refractivity (Wildman–Crippen MR) is 82.6 cm³/mol. The van der Waals surface area contributed by atoms with E-state index in [4.69, 9.17) is 11.6 Å². The number of rotatable bonds is 4. The molecule has 1 aromatic carbocycles. The Labute approximate surface area is 134 Å². The molecule has 122 valence electrons. The summed E-state index contributed by atoms with van der Waals surface area (Å²) in [5.41, 5.74) is 0.735. The molecule has 0 bridgehead atoms. The van der Waals surface area contributed by atoms with Gasteiger partial charge in [-0.2, -0.15) is 8.78 Å². The number of benzene rings is 1. The van der Waals surface area contributed by atoms with E-state index in [0.29, 0.717) is 17.6 Å². The summed E-state index contributed by atoms with van der Waals surface area (Å²) in [6, 6.07) is 5.45. The Morgan fingerprint density at radius 3 is 2.86 bits per heavy atom. The number of nitrogens with zero attached hydrogens (tertiary/aromatic N) is 2. The zero-order valence-corrected chi connectivity index (χ0v) is 13.2. The summed E-state index contributed by atoms with van der Waals surface area (Å²) in [5, 5.41) is 0.550. The largest absolute Gasteiger partial charge is 0.434 e. The average molecular weight is 331 g/mol. The first-order chi connectivity index (χ1) is 10.6. The van der Waals surface area contributed by atoms with Gasteiger partial charge in [-0.25, -0.2) is 0 Å². The van der Waals surface area contributed by atoms with Crippen LogP contribution in [0.5, 0.6) is 5.75 Å². The Bertz CT molecular complexity index is 515. The summed E-state index contributed by atoms with van der Waals surface area (Å²) >= 11 is 6.02. The van der Waals surface area contributed by atoms with Crippen molar-refractivity contribution in [3.05, 3.63) is 28.8 Å². The molecule has 2 fully saturated rings. The first-order valence-corrected chi connectivity index (χ1v) is 8.19. The summed E-state index contributed by atoms with van der Waals surface area (Å²) in [5.74, 6) is 0.229. The number of alkyl halides is 2. The lowest BCUT2D eigenvalue weighted by atomic mass is 10.1. The third kappa shape index (κ3) is 3.89. The van der Waals surface area contributed by atoms with Crippen LogP contribution < -0.4 is 4.74 Å². The molecule has 2 heterocycles. The monoisotopic (exact) mass is 330 g/mol. The normalized spacial score (nSPS) is 23.5. The fourth-order valence-corrected chi connectivity index (χ4v) is 3.74. The van der Waals surface area contributed by atoms with Gasteiger partial charge in [-0.15, -0.1) is 0 Å². The van der Waals surface area contributed by atoms with Gasteiger partial charge in [0.15, 0.2) is 0 Å². The number of hydrogen-bond acceptors (Lipinski definition) is 3. The second-order valence-corrected chi connectivity index (χ2v) is 6.49. The molecule has 0 aliphatic carbocycles. The third-order valence-electron chi connectivity index (χ3n) is 4.52. The Hall–Kier alpha value is -0.910. The van der Waals surface area contributed by atoms with Crippen LogP contribution in [0.2, 0.25) is 5.02 Å². The standard InChI is InChI=1S/C16H21ClF2N2O/c17-13-4-5-15(22-16(18)19)12(9-13)10-20-6-2-8-21-7-1-3-14(21)11-20/h4-5,9,14,16H,1-3,6-8,10-11H2/t14-/m0/s1. The Morgan fingerprint density at radius 2 is 2.05 bits per heavy atom. The molecule has 2 aliphatic heterocycles. The van der Waals surface area contributed by atoms with Crippen LogP contribution in [-0.2, 0) is 6.54 Å². The molecule has 0 aromatic heterocycles. The summed E-state index contributed by atoms with van der Waals surface area (Å²) in [4.78, 5) is 4.88. The molecular formula is C16H21ClF2N2O. The van der Waals surface area contributed by atoms with E-state index in [1.54, 1.807) is 12.1 Å². The van der Waals surface area contributed by atoms with Crippen LogP contribution in [-0.4, -0.2) is 48.6 Å². The van der Waals surface area contributed by atoms with E-state index in [1.807, 2.05) is 0 Å². The highest BCUT2D eigenvalue weighted by Gasteiger charge is 2.29. The van der Waals surface area contributed by atoms with E-state index in [9.17, 15) is 8.78 Å². The van der Waals surface area contributed by atoms with E-state index in [0.717, 1.165) is 31.6 Å². The van der Waals surface area contributed by atoms with E-state index < -0.39 is 6.61 Å². The smallest absolute Gasteiger partial charge is 0.387 e. The Morgan fingerprint density at radius 1 is 1.23 bits per heavy atom. The second-order valence-electron chi connectivity index (χ2n) is 6.05. The van der Waals surface area contributed by atoms with Gasteiger partial charge in [-0.3, -0.25) is 9.80 Å². The van der Waals surface area contributed by atoms with E-state index in [2.05, 4.69) is 14.5 Å². The highest BCUT2D eigenvalue weighted by Crippen LogP contribution is 2.28. The molecule has 1 atom stereocenters. The van der Waals surface area contributed by atoms with E-state index in [1.165, 1.54) is 25.5 Å². The van der Waals surface area contributed by atoms with Gasteiger partial charge in [-0.1, -0.05) is 11.6 Å². The molecule has 22 heavy (non-hydrogen) atoms. The van der Waals surface area contributed by atoms with Crippen molar-refractivity contribution < 1.29 is 13.5 Å². The van der Waals surface area contributed by atoms with Gasteiger partial charge in [0.2, 0.25) is 0 Å². The minimum absolute atomic E-state index is 0.229. The molecule has 2 saturated heterocycles. The second kappa shape index (κ2) is 7.11. The quantitative estimate of drug-likeness (QED) is 0.838. The minimum atomic E-state index is -2.81. The molecule has 2 aliphatic rings. The summed E-state index contributed by atoms with van der Waals surface area (Å²) in [6.07, 6.45) is 3.60. The van der Waals surface area contributed by atoms with Crippen LogP contribution in [0, 0.1) is 0 Å². The fraction of sp³-hybridized carbons (Fsp3) is 0.625. The van der Waals surface area contributed by atoms with Crippen LogP contribution >= 0.6 is 11.6 Å². The first-order valence-electron chi connectivity index (χ1n) is 7.81. The number of ether oxygens (including phenoxy) is 1. The van der Waals surface area contributed by atoms with Crippen molar-refractivity contribution in [1.82, 2.24) is 9.80 Å². The first kappa shape index (κ1) is 16.0. The molecule has 0 spiro atoms. The average Bonchev–Trinajstić information content (AvgIpc) is 2.80. The van der Waals surface area contributed by atoms with Gasteiger partial charge in [0.25, 0.3) is 0 Å². The number of halogens is 3. The fourth-order valence-electron chi connectivity index (χ4n) is 3.55. The van der Waals surface area contributed by atoms with Crippen molar-refractivity contribution in [2.75, 3.05) is 26.2 Å². The van der Waals surface area contributed by atoms with Crippen molar-refractivity contribution >= 4 is 11.6 Å². The van der Waals surface area contributed by atoms with Crippen molar-refractivity contribution in [3.63, 3.8) is 0 Å². The van der Waals surface area contributed by atoms with Gasteiger partial charge < -0.3 is 4.74 Å². The Balaban J connectivity index is 1.72. The van der Waals surface area contributed by atoms with Gasteiger partial charge in [0, 0.05) is 29.7 Å². The topological polar surface area (TPSA) is 15.7 Å². The van der Waals surface area contributed by atoms with E-state index >= 15 is 0 Å². The van der Waals surface area contributed by atoms with Crippen molar-refractivity contribution in [3.8, 4) is 5.75 Å². The summed E-state index contributed by atoms with van der Waals surface area (Å²) < 4.78 is 29.7. The van der Waals surface area contributed by atoms with Crippen LogP contribution in [0.3, 0.4) is 0 Å². The lowest BCUT2D eigenvalue weighted by Gasteiger charge is -2.26. The third-order valence-corrected chi connectivity index (χ3v) is 4.76. The number of hydrogen-bond donors (Lipinski definition) is 0. The van der Waals surface area contributed by atoms with Crippen molar-refractivity contribution in [2.45, 2.75) is 38.5 Å². The maximum atomic E-state index is 12.5. The summed E-state index contributed by atoms with van der Waals surface area (Å²) in [7, 11) is 0. The zero-order valence-electron chi connectivity index (χ0n) is 12.5. The van der Waals surface area contributed by atoms with Gasteiger partial charge in [0.05, 0.1) is 0 Å². The molecule has 3 nitrogen and oxygen atoms in total. The molecule has 3 rings (SSSR count). The summed E-state index contributed by atoms with van der Waals surface area (Å²) in [6.45, 7) is 2.09. The van der Waals surface area contributed by atoms with Crippen LogP contribution in [0.15, 0.2) is 18.2 Å². The maximum absolute atomic E-state index is 12.5. The molecule has 0 N–H and O–H groups in total. The van der Waals surface area contributed by atoms with Gasteiger partial charge in [-0.05, 0) is 57.1 Å². The Kier molecular flexibility index (Phi) is 5.16. The molecule has 0 amide bonds. The van der Waals surface area contributed by atoms with Gasteiger partial charge >= 0.3 is 6.61 Å². The van der Waals surface area contributed by atoms with Crippen molar-refractivity contribution in [2.24, 2.45) is 0 Å². The molecule has 6 heteroatoms. The highest BCUT2D eigenvalue weighted by molar-refractivity contribution is 6.30. The predicted octanol–water partition coefficient (Wildman–Crippen LogP) is 3.61. The lowest BCUT2D eigenvalue weighted by Crippen LogP contribution is -2.36. The zero-order chi connectivity index (χ0) is 15.5. The SMILES string of the molecule is FC(F)Oc1ccc(Cl)cc1CN1CCCN2CCC[C@H]2C1. The van der Waals surface area contributed by atoms with Crippen LogP contribution in [0.4, 0.5) is 8.78 Å². The molecule has 0 unspecified atom stereocenters. The maximum Gasteiger partial charge on any atom is 0.387 e.